The maximum atomic E-state index is 11.9. The van der Waals surface area contributed by atoms with E-state index < -0.39 is 0 Å². The average molecular weight is 422 g/mol. The quantitative estimate of drug-likeness (QED) is 0.302. The van der Waals surface area contributed by atoms with Gasteiger partial charge < -0.3 is 9.64 Å². The number of thioether (sulfide) groups is 1. The first-order valence-corrected chi connectivity index (χ1v) is 11.3. The van der Waals surface area contributed by atoms with Crippen molar-refractivity contribution in [3.63, 3.8) is 0 Å². The summed E-state index contributed by atoms with van der Waals surface area (Å²) in [7, 11) is 3.50. The summed E-state index contributed by atoms with van der Waals surface area (Å²) in [5.41, 5.74) is 3.73. The summed E-state index contributed by atoms with van der Waals surface area (Å²) < 4.78 is 4.95. The third-order valence-corrected chi connectivity index (χ3v) is 6.79. The van der Waals surface area contributed by atoms with Crippen LogP contribution < -0.4 is 0 Å². The number of rotatable bonds is 6. The lowest BCUT2D eigenvalue weighted by atomic mass is 9.78. The molecule has 1 saturated carbocycles. The number of carbonyl (C=O) groups is 1. The molecule has 0 saturated heterocycles. The molecule has 0 bridgehead atoms. The Bertz CT molecular complexity index is 885. The maximum absolute atomic E-state index is 11.9. The van der Waals surface area contributed by atoms with Crippen LogP contribution in [0.4, 0.5) is 0 Å². The molecule has 1 aromatic rings. The molecule has 3 rings (SSSR count). The molecule has 0 spiro atoms. The molecule has 3 nitrogen and oxygen atoms in total. The van der Waals surface area contributed by atoms with Gasteiger partial charge in [-0.15, -0.1) is 0 Å². The predicted octanol–water partition coefficient (Wildman–Crippen LogP) is 6.41. The summed E-state index contributed by atoms with van der Waals surface area (Å²) in [4.78, 5) is 16.2. The van der Waals surface area contributed by atoms with Crippen LogP contribution in [-0.4, -0.2) is 25.0 Å². The van der Waals surface area contributed by atoms with Gasteiger partial charge in [-0.2, -0.15) is 0 Å². The standard InChI is InChI=1S/C26H31NO2S/c1-19-7-5-6-8-25(19)30-20(2)17-24(18-21-13-15-27(3)16-14-21)22-9-11-23(12-10-22)26(28)29-4/h5-8,13-18,22-23H,2,9-12H2,1,3-4H3/b24-17-. The molecule has 0 N–H and O–H groups in total. The first kappa shape index (κ1) is 22.2. The van der Waals surface area contributed by atoms with E-state index in [0.29, 0.717) is 5.92 Å². The highest BCUT2D eigenvalue weighted by Gasteiger charge is 2.28. The van der Waals surface area contributed by atoms with Gasteiger partial charge in [-0.3, -0.25) is 4.79 Å². The highest BCUT2D eigenvalue weighted by molar-refractivity contribution is 8.03. The third-order valence-electron chi connectivity index (χ3n) is 5.73. The molecule has 4 heteroatoms. The molecule has 158 valence electrons. The van der Waals surface area contributed by atoms with Crippen LogP contribution in [-0.2, 0) is 9.53 Å². The molecule has 0 unspecified atom stereocenters. The van der Waals surface area contributed by atoms with E-state index in [1.165, 1.54) is 28.7 Å². The summed E-state index contributed by atoms with van der Waals surface area (Å²) in [6.45, 7) is 6.46. The van der Waals surface area contributed by atoms with Gasteiger partial charge in [0, 0.05) is 29.2 Å². The van der Waals surface area contributed by atoms with E-state index in [4.69, 9.17) is 4.74 Å². The van der Waals surface area contributed by atoms with Crippen LogP contribution in [0.15, 0.2) is 88.5 Å². The van der Waals surface area contributed by atoms with Crippen LogP contribution in [0.1, 0.15) is 31.2 Å². The Balaban J connectivity index is 1.80. The number of ether oxygens (including phenoxy) is 1. The van der Waals surface area contributed by atoms with Gasteiger partial charge in [0.2, 0.25) is 0 Å². The SMILES string of the molecule is C=C(/C=C(/C=C1C=CN(C)C=C1)C1CCC(C(=O)OC)CC1)Sc1ccccc1C. The van der Waals surface area contributed by atoms with Crippen LogP contribution in [0.3, 0.4) is 0 Å². The van der Waals surface area contributed by atoms with Crippen molar-refractivity contribution in [2.75, 3.05) is 14.2 Å². The van der Waals surface area contributed by atoms with E-state index in [1.54, 1.807) is 11.8 Å². The predicted molar refractivity (Wildman–Crippen MR) is 126 cm³/mol. The van der Waals surface area contributed by atoms with E-state index in [0.717, 1.165) is 30.6 Å². The lowest BCUT2D eigenvalue weighted by Crippen LogP contribution is -2.23. The number of benzene rings is 1. The van der Waals surface area contributed by atoms with Gasteiger partial charge in [-0.25, -0.2) is 0 Å². The second kappa shape index (κ2) is 10.5. The van der Waals surface area contributed by atoms with Crippen molar-refractivity contribution >= 4 is 17.7 Å². The Morgan fingerprint density at radius 2 is 1.77 bits per heavy atom. The Hall–Kier alpha value is -2.46. The van der Waals surface area contributed by atoms with Gasteiger partial charge >= 0.3 is 5.97 Å². The fourth-order valence-electron chi connectivity index (χ4n) is 3.94. The third kappa shape index (κ3) is 6.02. The second-order valence-corrected chi connectivity index (χ2v) is 9.16. The molecule has 30 heavy (non-hydrogen) atoms. The van der Waals surface area contributed by atoms with E-state index in [2.05, 4.69) is 74.5 Å². The number of hydrogen-bond donors (Lipinski definition) is 0. The van der Waals surface area contributed by atoms with Gasteiger partial charge in [-0.05, 0) is 79.5 Å². The van der Waals surface area contributed by atoms with Crippen molar-refractivity contribution in [1.29, 1.82) is 0 Å². The van der Waals surface area contributed by atoms with E-state index in [-0.39, 0.29) is 11.9 Å². The Morgan fingerprint density at radius 3 is 2.40 bits per heavy atom. The normalized spacial score (nSPS) is 21.5. The smallest absolute Gasteiger partial charge is 0.308 e. The van der Waals surface area contributed by atoms with Crippen molar-refractivity contribution in [3.8, 4) is 0 Å². The molecule has 1 aliphatic heterocycles. The first-order valence-electron chi connectivity index (χ1n) is 10.5. The highest BCUT2D eigenvalue weighted by Crippen LogP contribution is 2.37. The summed E-state index contributed by atoms with van der Waals surface area (Å²) in [6.07, 6.45) is 16.6. The van der Waals surface area contributed by atoms with Gasteiger partial charge in [0.25, 0.3) is 0 Å². The maximum Gasteiger partial charge on any atom is 0.308 e. The van der Waals surface area contributed by atoms with Crippen LogP contribution in [0.25, 0.3) is 0 Å². The van der Waals surface area contributed by atoms with Crippen LogP contribution in [0.2, 0.25) is 0 Å². The second-order valence-electron chi connectivity index (χ2n) is 7.99. The number of esters is 1. The van der Waals surface area contributed by atoms with E-state index >= 15 is 0 Å². The van der Waals surface area contributed by atoms with E-state index in [1.807, 2.05) is 11.9 Å². The van der Waals surface area contributed by atoms with Crippen LogP contribution >= 0.6 is 11.8 Å². The molecule has 0 atom stereocenters. The summed E-state index contributed by atoms with van der Waals surface area (Å²) in [5, 5.41) is 0. The zero-order chi connectivity index (χ0) is 21.5. The molecular weight excluding hydrogens is 390 g/mol. The molecular formula is C26H31NO2S. The Morgan fingerprint density at radius 1 is 1.13 bits per heavy atom. The lowest BCUT2D eigenvalue weighted by molar-refractivity contribution is -0.146. The number of allylic oxidation sites excluding steroid dienone is 6. The number of nitrogens with zero attached hydrogens (tertiary/aromatic N) is 1. The monoisotopic (exact) mass is 421 g/mol. The zero-order valence-corrected chi connectivity index (χ0v) is 19.0. The number of hydrogen-bond acceptors (Lipinski definition) is 4. The number of carbonyl (C=O) groups excluding carboxylic acids is 1. The zero-order valence-electron chi connectivity index (χ0n) is 18.1. The van der Waals surface area contributed by atoms with Gasteiger partial charge in [0.1, 0.15) is 0 Å². The number of aryl methyl sites for hydroxylation is 1. The van der Waals surface area contributed by atoms with Crippen molar-refractivity contribution in [2.45, 2.75) is 37.5 Å². The van der Waals surface area contributed by atoms with Crippen LogP contribution in [0.5, 0.6) is 0 Å². The Labute approximate surface area is 184 Å². The Kier molecular flexibility index (Phi) is 7.81. The number of methoxy groups -OCH3 is 1. The van der Waals surface area contributed by atoms with Gasteiger partial charge in [0.05, 0.1) is 13.0 Å². The minimum atomic E-state index is -0.0713. The fourth-order valence-corrected chi connectivity index (χ4v) is 4.79. The molecule has 0 aromatic heterocycles. The fraction of sp³-hybridized carbons (Fsp3) is 0.346. The summed E-state index contributed by atoms with van der Waals surface area (Å²) in [6, 6.07) is 8.40. The minimum Gasteiger partial charge on any atom is -0.469 e. The molecule has 1 fully saturated rings. The average Bonchev–Trinajstić information content (AvgIpc) is 2.76. The molecule has 2 aliphatic rings. The van der Waals surface area contributed by atoms with Gasteiger partial charge in [-0.1, -0.05) is 42.6 Å². The summed E-state index contributed by atoms with van der Waals surface area (Å²) >= 11 is 1.72. The van der Waals surface area contributed by atoms with Crippen LogP contribution in [0, 0.1) is 18.8 Å². The minimum absolute atomic E-state index is 0.0350. The van der Waals surface area contributed by atoms with Crippen molar-refractivity contribution in [2.24, 2.45) is 11.8 Å². The highest BCUT2D eigenvalue weighted by atomic mass is 32.2. The van der Waals surface area contributed by atoms with Crippen molar-refractivity contribution in [3.05, 3.63) is 89.2 Å². The molecule has 0 amide bonds. The van der Waals surface area contributed by atoms with E-state index in [9.17, 15) is 4.79 Å². The molecule has 1 aliphatic carbocycles. The summed E-state index contributed by atoms with van der Waals surface area (Å²) in [5.74, 6) is 0.389. The van der Waals surface area contributed by atoms with Crippen molar-refractivity contribution < 1.29 is 9.53 Å². The lowest BCUT2D eigenvalue weighted by Gasteiger charge is -2.28. The van der Waals surface area contributed by atoms with Crippen molar-refractivity contribution in [1.82, 2.24) is 4.90 Å². The molecule has 0 radical (unpaired) electrons. The molecule has 1 aromatic carbocycles. The van der Waals surface area contributed by atoms with Gasteiger partial charge in [0.15, 0.2) is 0 Å². The molecule has 1 heterocycles. The largest absolute Gasteiger partial charge is 0.469 e. The topological polar surface area (TPSA) is 29.5 Å². The first-order chi connectivity index (χ1) is 14.5.